The number of benzene rings is 2. The van der Waals surface area contributed by atoms with Crippen molar-refractivity contribution in [2.75, 3.05) is 11.9 Å². The number of amides is 1. The van der Waals surface area contributed by atoms with Gasteiger partial charge in [0.25, 0.3) is 5.91 Å². The van der Waals surface area contributed by atoms with Gasteiger partial charge in [-0.05, 0) is 49.4 Å². The maximum Gasteiger partial charge on any atom is 0.416 e. The van der Waals surface area contributed by atoms with Crippen molar-refractivity contribution in [3.05, 3.63) is 53.6 Å². The Morgan fingerprint density at radius 1 is 1.22 bits per heavy atom. The summed E-state index contributed by atoms with van der Waals surface area (Å²) in [6.07, 6.45) is -4.45. The summed E-state index contributed by atoms with van der Waals surface area (Å²) in [7, 11) is 0. The van der Waals surface area contributed by atoms with Crippen LogP contribution >= 0.6 is 0 Å². The zero-order chi connectivity index (χ0) is 19.4. The molecule has 2 N–H and O–H groups in total. The van der Waals surface area contributed by atoms with Crippen molar-refractivity contribution in [1.29, 1.82) is 0 Å². The summed E-state index contributed by atoms with van der Waals surface area (Å²) >= 11 is 0. The van der Waals surface area contributed by atoms with E-state index >= 15 is 0 Å². The van der Waals surface area contributed by atoms with Gasteiger partial charge in [0.2, 0.25) is 0 Å². The molecule has 1 heterocycles. The molecule has 0 aliphatic carbocycles. The minimum atomic E-state index is -4.45. The number of aromatic amines is 1. The molecule has 0 bridgehead atoms. The molecule has 0 unspecified atom stereocenters. The Bertz CT molecular complexity index is 1030. The number of carbonyl (C=O) groups excluding carboxylic acids is 1. The Morgan fingerprint density at radius 3 is 2.63 bits per heavy atom. The molecule has 0 spiro atoms. The van der Waals surface area contributed by atoms with Crippen molar-refractivity contribution >= 4 is 22.6 Å². The number of hydrogen-bond donors (Lipinski definition) is 2. The van der Waals surface area contributed by atoms with Crippen molar-refractivity contribution in [3.8, 4) is 17.6 Å². The van der Waals surface area contributed by atoms with E-state index in [2.05, 4.69) is 27.4 Å². The fourth-order valence-electron chi connectivity index (χ4n) is 2.36. The van der Waals surface area contributed by atoms with Gasteiger partial charge in [0.05, 0.1) is 11.1 Å². The van der Waals surface area contributed by atoms with Crippen molar-refractivity contribution in [3.63, 3.8) is 0 Å². The molecule has 3 rings (SSSR count). The van der Waals surface area contributed by atoms with Crippen molar-refractivity contribution in [1.82, 2.24) is 10.2 Å². The molecule has 3 aromatic rings. The maximum atomic E-state index is 12.6. The van der Waals surface area contributed by atoms with E-state index in [1.165, 1.54) is 0 Å². The minimum Gasteiger partial charge on any atom is -0.481 e. The maximum absolute atomic E-state index is 12.6. The molecule has 0 radical (unpaired) electrons. The molecule has 1 amide bonds. The van der Waals surface area contributed by atoms with Crippen LogP contribution in [0.15, 0.2) is 42.5 Å². The van der Waals surface area contributed by atoms with Crippen molar-refractivity contribution < 1.29 is 22.7 Å². The van der Waals surface area contributed by atoms with Crippen LogP contribution in [-0.4, -0.2) is 22.7 Å². The smallest absolute Gasteiger partial charge is 0.416 e. The molecule has 138 valence electrons. The van der Waals surface area contributed by atoms with E-state index in [9.17, 15) is 18.0 Å². The third kappa shape index (κ3) is 4.20. The van der Waals surface area contributed by atoms with Gasteiger partial charge in [-0.1, -0.05) is 5.92 Å². The van der Waals surface area contributed by atoms with Gasteiger partial charge in [0.15, 0.2) is 5.82 Å². The van der Waals surface area contributed by atoms with Gasteiger partial charge >= 0.3 is 6.18 Å². The molecule has 1 aromatic heterocycles. The highest BCUT2D eigenvalue weighted by atomic mass is 19.4. The lowest BCUT2D eigenvalue weighted by Gasteiger charge is -2.08. The number of anilines is 1. The predicted octanol–water partition coefficient (Wildman–Crippen LogP) is 4.24. The fourth-order valence-corrected chi connectivity index (χ4v) is 2.36. The number of rotatable bonds is 4. The molecule has 2 aromatic carbocycles. The van der Waals surface area contributed by atoms with Crippen molar-refractivity contribution in [2.45, 2.75) is 13.1 Å². The minimum absolute atomic E-state index is 0.0878. The Balaban J connectivity index is 1.79. The van der Waals surface area contributed by atoms with E-state index in [0.717, 1.165) is 24.3 Å². The van der Waals surface area contributed by atoms with Crippen LogP contribution in [0.5, 0.6) is 5.75 Å². The molecular formula is C19H14F3N3O2. The number of H-pyrrole nitrogens is 1. The topological polar surface area (TPSA) is 67.0 Å². The first-order valence-electron chi connectivity index (χ1n) is 7.87. The van der Waals surface area contributed by atoms with Gasteiger partial charge in [-0.25, -0.2) is 0 Å². The van der Waals surface area contributed by atoms with Crippen LogP contribution < -0.4 is 10.1 Å². The SMILES string of the molecule is CC#CCOc1ccc2[nH]nc(NC(=O)c3ccc(C(F)(F)F)cc3)c2c1. The molecule has 0 fully saturated rings. The average molecular weight is 373 g/mol. The molecule has 8 heteroatoms. The highest BCUT2D eigenvalue weighted by molar-refractivity contribution is 6.08. The van der Waals surface area contributed by atoms with Crippen LogP contribution in [0.1, 0.15) is 22.8 Å². The summed E-state index contributed by atoms with van der Waals surface area (Å²) < 4.78 is 43.3. The number of alkyl halides is 3. The summed E-state index contributed by atoms with van der Waals surface area (Å²) in [5, 5.41) is 10.0. The van der Waals surface area contributed by atoms with Crippen LogP contribution in [0.2, 0.25) is 0 Å². The second-order valence-corrected chi connectivity index (χ2v) is 5.52. The number of halogens is 3. The standard InChI is InChI=1S/C19H14F3N3O2/c1-2-3-10-27-14-8-9-16-15(11-14)17(25-24-16)23-18(26)12-4-6-13(7-5-12)19(20,21)22/h4-9,11H,10H2,1H3,(H2,23,24,25,26). The summed E-state index contributed by atoms with van der Waals surface area (Å²) in [5.41, 5.74) is -0.0577. The van der Waals surface area contributed by atoms with E-state index in [1.54, 1.807) is 25.1 Å². The van der Waals surface area contributed by atoms with Crippen LogP contribution in [0.25, 0.3) is 10.9 Å². The van der Waals surface area contributed by atoms with Crippen LogP contribution in [0, 0.1) is 11.8 Å². The van der Waals surface area contributed by atoms with E-state index in [1.807, 2.05) is 0 Å². The molecule has 0 aliphatic heterocycles. The van der Waals surface area contributed by atoms with Crippen LogP contribution in [-0.2, 0) is 6.18 Å². The molecule has 27 heavy (non-hydrogen) atoms. The number of nitrogens with zero attached hydrogens (tertiary/aromatic N) is 1. The van der Waals surface area contributed by atoms with Gasteiger partial charge in [-0.2, -0.15) is 18.3 Å². The summed E-state index contributed by atoms with van der Waals surface area (Å²) in [5.74, 6) is 5.73. The largest absolute Gasteiger partial charge is 0.481 e. The molecular weight excluding hydrogens is 359 g/mol. The van der Waals surface area contributed by atoms with Gasteiger partial charge in [0.1, 0.15) is 12.4 Å². The lowest BCUT2D eigenvalue weighted by molar-refractivity contribution is -0.137. The highest BCUT2D eigenvalue weighted by Crippen LogP contribution is 2.29. The lowest BCUT2D eigenvalue weighted by atomic mass is 10.1. The zero-order valence-electron chi connectivity index (χ0n) is 14.1. The number of carbonyl (C=O) groups is 1. The van der Waals surface area contributed by atoms with E-state index in [4.69, 9.17) is 4.74 Å². The second kappa shape index (κ2) is 7.41. The van der Waals surface area contributed by atoms with Crippen molar-refractivity contribution in [2.24, 2.45) is 0 Å². The number of hydrogen-bond acceptors (Lipinski definition) is 3. The first-order chi connectivity index (χ1) is 12.9. The molecule has 5 nitrogen and oxygen atoms in total. The lowest BCUT2D eigenvalue weighted by Crippen LogP contribution is -2.13. The number of nitrogens with one attached hydrogen (secondary N) is 2. The van der Waals surface area contributed by atoms with Gasteiger partial charge in [0, 0.05) is 10.9 Å². The Hall–Kier alpha value is -3.47. The first kappa shape index (κ1) is 18.3. The molecule has 0 saturated carbocycles. The van der Waals surface area contributed by atoms with Gasteiger partial charge in [-0.3, -0.25) is 9.89 Å². The number of ether oxygens (including phenoxy) is 1. The third-order valence-electron chi connectivity index (χ3n) is 3.73. The number of fused-ring (bicyclic) bond motifs is 1. The van der Waals surface area contributed by atoms with Gasteiger partial charge in [-0.15, -0.1) is 5.92 Å². The Kier molecular flexibility index (Phi) is 5.03. The van der Waals surface area contributed by atoms with Crippen LogP contribution in [0.3, 0.4) is 0 Å². The fraction of sp³-hybridized carbons (Fsp3) is 0.158. The quantitative estimate of drug-likeness (QED) is 0.673. The highest BCUT2D eigenvalue weighted by Gasteiger charge is 2.30. The van der Waals surface area contributed by atoms with Gasteiger partial charge < -0.3 is 10.1 Å². The first-order valence-corrected chi connectivity index (χ1v) is 7.87. The monoisotopic (exact) mass is 373 g/mol. The molecule has 0 aliphatic rings. The Labute approximate surface area is 152 Å². The van der Waals surface area contributed by atoms with Crippen LogP contribution in [0.4, 0.5) is 19.0 Å². The Morgan fingerprint density at radius 2 is 1.96 bits per heavy atom. The average Bonchev–Trinajstić information content (AvgIpc) is 3.03. The summed E-state index contributed by atoms with van der Waals surface area (Å²) in [6, 6.07) is 9.12. The normalized spacial score (nSPS) is 11.0. The summed E-state index contributed by atoms with van der Waals surface area (Å²) in [6.45, 7) is 1.94. The van der Waals surface area contributed by atoms with E-state index in [-0.39, 0.29) is 18.0 Å². The second-order valence-electron chi connectivity index (χ2n) is 5.52. The number of aromatic nitrogens is 2. The zero-order valence-corrected chi connectivity index (χ0v) is 14.1. The third-order valence-corrected chi connectivity index (χ3v) is 3.73. The summed E-state index contributed by atoms with van der Waals surface area (Å²) in [4.78, 5) is 12.3. The predicted molar refractivity (Wildman–Crippen MR) is 94.4 cm³/mol. The van der Waals surface area contributed by atoms with E-state index in [0.29, 0.717) is 16.7 Å². The molecule has 0 saturated heterocycles. The molecule has 0 atom stereocenters. The van der Waals surface area contributed by atoms with E-state index < -0.39 is 17.6 Å².